The molecule has 9 heteroatoms. The molecule has 0 bridgehead atoms. The molecule has 8 nitrogen and oxygen atoms in total. The first-order chi connectivity index (χ1) is 21.9. The maximum Gasteiger partial charge on any atom is 0.302 e. The predicted molar refractivity (Wildman–Crippen MR) is 178 cm³/mol. The van der Waals surface area contributed by atoms with E-state index in [1.807, 2.05) is 42.2 Å². The molecule has 0 atom stereocenters. The van der Waals surface area contributed by atoms with Gasteiger partial charge in [0.15, 0.2) is 0 Å². The highest BCUT2D eigenvalue weighted by Crippen LogP contribution is 2.42. The van der Waals surface area contributed by atoms with E-state index < -0.39 is 15.7 Å². The van der Waals surface area contributed by atoms with Crippen LogP contribution in [0.2, 0.25) is 0 Å². The van der Waals surface area contributed by atoms with Crippen molar-refractivity contribution in [2.24, 2.45) is 5.14 Å². The molecule has 2 N–H and O–H groups in total. The fraction of sp³-hybridized carbons (Fsp3) is 0.0556. The minimum Gasteiger partial charge on any atom is -0.320 e. The van der Waals surface area contributed by atoms with Crippen LogP contribution in [0.3, 0.4) is 0 Å². The maximum atomic E-state index is 11.8. The standard InChI is InChI=1S/C36H30N6O2S/c1-27-33(28-17-18-34-32(25-28)35(19-20-38-34)40-21-23-41(24-22-40)45(37,43)44)26-42(39-27)36(29-11-5-2-6-12-29,30-13-7-3-8-14-30)31-15-9-4-10-16-31/h2-26H,1H3,(H2,37,43,44). The third-order valence-electron chi connectivity index (χ3n) is 8.17. The number of hydrogen-bond acceptors (Lipinski definition) is 5. The van der Waals surface area contributed by atoms with E-state index in [9.17, 15) is 8.42 Å². The molecule has 1 aliphatic rings. The maximum absolute atomic E-state index is 11.8. The summed E-state index contributed by atoms with van der Waals surface area (Å²) in [6, 6.07) is 39.5. The van der Waals surface area contributed by atoms with Crippen LogP contribution >= 0.6 is 0 Å². The lowest BCUT2D eigenvalue weighted by atomic mass is 9.77. The number of anilines is 1. The zero-order valence-electron chi connectivity index (χ0n) is 24.5. The second kappa shape index (κ2) is 11.2. The summed E-state index contributed by atoms with van der Waals surface area (Å²) >= 11 is 0. The van der Waals surface area contributed by atoms with E-state index in [1.165, 1.54) is 12.4 Å². The molecular formula is C36H30N6O2S. The number of aryl methyl sites for hydroxylation is 1. The summed E-state index contributed by atoms with van der Waals surface area (Å²) in [5.74, 6) is 0. The minimum absolute atomic E-state index is 0.727. The molecule has 6 aromatic rings. The quantitative estimate of drug-likeness (QED) is 0.208. The minimum atomic E-state index is -3.88. The number of rotatable bonds is 7. The third-order valence-corrected chi connectivity index (χ3v) is 9.00. The lowest BCUT2D eigenvalue weighted by molar-refractivity contribution is 0.458. The molecule has 4 aromatic carbocycles. The number of aromatic nitrogens is 3. The smallest absolute Gasteiger partial charge is 0.302 e. The Balaban J connectivity index is 1.39. The molecule has 45 heavy (non-hydrogen) atoms. The van der Waals surface area contributed by atoms with Crippen LogP contribution in [0.25, 0.3) is 22.0 Å². The van der Waals surface area contributed by atoms with Crippen molar-refractivity contribution in [2.45, 2.75) is 12.5 Å². The SMILES string of the molecule is Cc1nn(C(c2ccccc2)(c2ccccc2)c2ccccc2)cc1-c1ccc2nccc(N3C=CN(S(N)(=O)=O)C=C3)c2c1. The monoisotopic (exact) mass is 610 g/mol. The molecule has 1 aliphatic heterocycles. The fourth-order valence-corrected chi connectivity index (χ4v) is 6.53. The van der Waals surface area contributed by atoms with Gasteiger partial charge in [0.1, 0.15) is 5.54 Å². The average molecular weight is 611 g/mol. The molecule has 0 saturated heterocycles. The van der Waals surface area contributed by atoms with E-state index >= 15 is 0 Å². The van der Waals surface area contributed by atoms with E-state index in [2.05, 4.69) is 101 Å². The van der Waals surface area contributed by atoms with Gasteiger partial charge in [0.2, 0.25) is 0 Å². The number of pyridine rings is 1. The summed E-state index contributed by atoms with van der Waals surface area (Å²) in [6.45, 7) is 2.03. The van der Waals surface area contributed by atoms with Gasteiger partial charge < -0.3 is 4.90 Å². The van der Waals surface area contributed by atoms with Crippen LogP contribution in [-0.4, -0.2) is 27.5 Å². The summed E-state index contributed by atoms with van der Waals surface area (Å²) < 4.78 is 26.6. The highest BCUT2D eigenvalue weighted by atomic mass is 32.2. The number of hydrogen-bond donors (Lipinski definition) is 1. The molecule has 7 rings (SSSR count). The van der Waals surface area contributed by atoms with Gasteiger partial charge in [0.05, 0.1) is 16.9 Å². The topological polar surface area (TPSA) is 97.3 Å². The number of benzene rings is 4. The number of nitrogens with two attached hydrogens (primary N) is 1. The van der Waals surface area contributed by atoms with Crippen LogP contribution in [0.5, 0.6) is 0 Å². The van der Waals surface area contributed by atoms with Gasteiger partial charge in [-0.05, 0) is 47.4 Å². The molecule has 222 valence electrons. The van der Waals surface area contributed by atoms with Gasteiger partial charge >= 0.3 is 10.2 Å². The number of nitrogens with zero attached hydrogens (tertiary/aromatic N) is 5. The average Bonchev–Trinajstić information content (AvgIpc) is 3.47. The molecule has 0 saturated carbocycles. The molecule has 0 amide bonds. The fourth-order valence-electron chi connectivity index (χ4n) is 6.08. The normalized spacial score (nSPS) is 13.5. The van der Waals surface area contributed by atoms with E-state index in [0.29, 0.717) is 0 Å². The molecule has 3 heterocycles. The zero-order valence-corrected chi connectivity index (χ0v) is 25.3. The zero-order chi connectivity index (χ0) is 31.0. The second-order valence-electron chi connectivity index (χ2n) is 10.8. The second-order valence-corrected chi connectivity index (χ2v) is 12.3. The van der Waals surface area contributed by atoms with E-state index in [-0.39, 0.29) is 0 Å². The van der Waals surface area contributed by atoms with Crippen LogP contribution in [0.15, 0.2) is 152 Å². The van der Waals surface area contributed by atoms with Gasteiger partial charge in [0.25, 0.3) is 0 Å². The van der Waals surface area contributed by atoms with E-state index in [4.69, 9.17) is 10.2 Å². The van der Waals surface area contributed by atoms with Gasteiger partial charge in [0, 0.05) is 48.1 Å². The molecular weight excluding hydrogens is 581 g/mol. The van der Waals surface area contributed by atoms with Gasteiger partial charge in [-0.3, -0.25) is 9.67 Å². The summed E-state index contributed by atoms with van der Waals surface area (Å²) in [7, 11) is -3.88. The first-order valence-corrected chi connectivity index (χ1v) is 15.9. The lowest BCUT2D eigenvalue weighted by Gasteiger charge is -2.36. The van der Waals surface area contributed by atoms with Gasteiger partial charge in [-0.25, -0.2) is 9.44 Å². The van der Waals surface area contributed by atoms with Crippen LogP contribution in [0, 0.1) is 6.92 Å². The Hall–Kier alpha value is -5.51. The Morgan fingerprint density at radius 2 is 1.27 bits per heavy atom. The highest BCUT2D eigenvalue weighted by molar-refractivity contribution is 7.87. The van der Waals surface area contributed by atoms with Crippen LogP contribution in [0.1, 0.15) is 22.4 Å². The largest absolute Gasteiger partial charge is 0.320 e. The first kappa shape index (κ1) is 28.3. The van der Waals surface area contributed by atoms with Crippen LogP contribution < -0.4 is 10.0 Å². The van der Waals surface area contributed by atoms with E-state index in [1.54, 1.807) is 18.6 Å². The Morgan fingerprint density at radius 1 is 0.711 bits per heavy atom. The summed E-state index contributed by atoms with van der Waals surface area (Å²) in [5.41, 5.74) is 7.08. The molecule has 2 aromatic heterocycles. The van der Waals surface area contributed by atoms with Gasteiger partial charge in [-0.2, -0.15) is 13.5 Å². The van der Waals surface area contributed by atoms with E-state index in [0.717, 1.165) is 54.4 Å². The van der Waals surface area contributed by atoms with Crippen molar-refractivity contribution in [3.63, 3.8) is 0 Å². The molecule has 0 fully saturated rings. The highest BCUT2D eigenvalue weighted by Gasteiger charge is 2.39. The summed E-state index contributed by atoms with van der Waals surface area (Å²) in [4.78, 5) is 6.43. The molecule has 0 spiro atoms. The predicted octanol–water partition coefficient (Wildman–Crippen LogP) is 6.51. The van der Waals surface area contributed by atoms with Crippen LogP contribution in [-0.2, 0) is 15.7 Å². The molecule has 0 unspecified atom stereocenters. The van der Waals surface area contributed by atoms with Crippen molar-refractivity contribution < 1.29 is 8.42 Å². The van der Waals surface area contributed by atoms with Crippen molar-refractivity contribution in [1.82, 2.24) is 19.1 Å². The Bertz CT molecular complexity index is 2050. The van der Waals surface area contributed by atoms with Crippen molar-refractivity contribution in [1.29, 1.82) is 0 Å². The Labute approximate surface area is 262 Å². The first-order valence-electron chi connectivity index (χ1n) is 14.4. The Morgan fingerprint density at radius 3 is 1.80 bits per heavy atom. The van der Waals surface area contributed by atoms with Gasteiger partial charge in [-0.1, -0.05) is 97.1 Å². The lowest BCUT2D eigenvalue weighted by Crippen LogP contribution is -2.38. The summed E-state index contributed by atoms with van der Waals surface area (Å²) in [6.07, 6.45) is 10.0. The van der Waals surface area contributed by atoms with Crippen LogP contribution in [0.4, 0.5) is 5.69 Å². The van der Waals surface area contributed by atoms with Crippen molar-refractivity contribution in [2.75, 3.05) is 4.90 Å². The van der Waals surface area contributed by atoms with Crippen molar-refractivity contribution in [3.8, 4) is 11.1 Å². The van der Waals surface area contributed by atoms with Gasteiger partial charge in [-0.15, -0.1) is 0 Å². The number of fused-ring (bicyclic) bond motifs is 1. The van der Waals surface area contributed by atoms with Crippen molar-refractivity contribution >= 4 is 26.8 Å². The Kier molecular flexibility index (Phi) is 7.04. The molecule has 0 radical (unpaired) electrons. The molecule has 0 aliphatic carbocycles. The summed E-state index contributed by atoms with van der Waals surface area (Å²) in [5, 5.41) is 11.4. The van der Waals surface area contributed by atoms with Crippen molar-refractivity contribution in [3.05, 3.63) is 175 Å². The third kappa shape index (κ3) is 4.98.